The number of rotatable bonds is 4. The Balaban J connectivity index is 1.77. The smallest absolute Gasteiger partial charge is 0.257 e. The summed E-state index contributed by atoms with van der Waals surface area (Å²) in [6.07, 6.45) is 3.65. The van der Waals surface area contributed by atoms with Gasteiger partial charge in [0.1, 0.15) is 5.60 Å². The summed E-state index contributed by atoms with van der Waals surface area (Å²) in [5.41, 5.74) is 4.74. The second kappa shape index (κ2) is 5.26. The Bertz CT molecular complexity index is 618. The zero-order valence-corrected chi connectivity index (χ0v) is 11.6. The van der Waals surface area contributed by atoms with Gasteiger partial charge in [-0.2, -0.15) is 20.1 Å². The van der Waals surface area contributed by atoms with Gasteiger partial charge in [0.15, 0.2) is 0 Å². The lowest BCUT2D eigenvalue weighted by Crippen LogP contribution is -2.43. The Hall–Kier alpha value is -2.26. The maximum Gasteiger partial charge on any atom is 0.257 e. The Kier molecular flexibility index (Phi) is 3.43. The number of anilines is 2. The normalized spacial score (nSPS) is 25.1. The first-order valence-corrected chi connectivity index (χ1v) is 6.66. The molecule has 4 N–H and O–H groups in total. The highest BCUT2D eigenvalue weighted by Gasteiger charge is 2.39. The van der Waals surface area contributed by atoms with Gasteiger partial charge in [-0.3, -0.25) is 0 Å². The molecule has 1 fully saturated rings. The molecule has 1 aliphatic rings. The van der Waals surface area contributed by atoms with E-state index < -0.39 is 5.60 Å². The molecule has 0 aromatic carbocycles. The lowest BCUT2D eigenvalue weighted by molar-refractivity contribution is -0.0176. The fraction of sp³-hybridized carbons (Fsp3) is 0.500. The number of nitrogens with zero attached hydrogens (tertiary/aromatic N) is 5. The van der Waals surface area contributed by atoms with Crippen molar-refractivity contribution in [2.75, 3.05) is 24.2 Å². The number of nitrogens with two attached hydrogens (primary N) is 1. The fourth-order valence-corrected chi connectivity index (χ4v) is 2.18. The number of ether oxygens (including phenoxy) is 1. The quantitative estimate of drug-likeness (QED) is 0.694. The van der Waals surface area contributed by atoms with Gasteiger partial charge in [-0.1, -0.05) is 0 Å². The summed E-state index contributed by atoms with van der Waals surface area (Å²) in [7, 11) is 0. The van der Waals surface area contributed by atoms with Crippen LogP contribution in [0.3, 0.4) is 0 Å². The van der Waals surface area contributed by atoms with E-state index in [1.807, 2.05) is 6.92 Å². The van der Waals surface area contributed by atoms with Crippen LogP contribution in [0.25, 0.3) is 5.95 Å². The van der Waals surface area contributed by atoms with Crippen LogP contribution in [0.2, 0.25) is 0 Å². The molecule has 0 radical (unpaired) electrons. The average Bonchev–Trinajstić information content (AvgIpc) is 3.08. The molecular formula is C12H17N7O2. The number of aromatic nitrogens is 5. The molecule has 1 aliphatic heterocycles. The van der Waals surface area contributed by atoms with Crippen LogP contribution >= 0.6 is 0 Å². The summed E-state index contributed by atoms with van der Waals surface area (Å²) in [4.78, 5) is 12.3. The van der Waals surface area contributed by atoms with E-state index in [1.165, 1.54) is 4.68 Å². The lowest BCUT2D eigenvalue weighted by atomic mass is 9.97. The maximum absolute atomic E-state index is 10.4. The zero-order valence-electron chi connectivity index (χ0n) is 11.6. The third kappa shape index (κ3) is 2.78. The number of nitrogens with one attached hydrogen (secondary N) is 1. The molecular weight excluding hydrogens is 274 g/mol. The van der Waals surface area contributed by atoms with Crippen molar-refractivity contribution >= 4 is 11.9 Å². The summed E-state index contributed by atoms with van der Waals surface area (Å²) in [5, 5.41) is 17.5. The molecule has 0 aliphatic carbocycles. The summed E-state index contributed by atoms with van der Waals surface area (Å²) in [6, 6.07) is 1.76. The van der Waals surface area contributed by atoms with Gasteiger partial charge in [-0.15, -0.1) is 0 Å². The summed E-state index contributed by atoms with van der Waals surface area (Å²) in [5.74, 6) is 0.693. The summed E-state index contributed by atoms with van der Waals surface area (Å²) < 4.78 is 6.87. The van der Waals surface area contributed by atoms with Crippen molar-refractivity contribution in [3.8, 4) is 5.95 Å². The Morgan fingerprint density at radius 1 is 1.52 bits per heavy atom. The van der Waals surface area contributed by atoms with Crippen molar-refractivity contribution in [1.82, 2.24) is 24.7 Å². The van der Waals surface area contributed by atoms with Gasteiger partial charge in [-0.25, -0.2) is 4.68 Å². The second-order valence-corrected chi connectivity index (χ2v) is 4.99. The van der Waals surface area contributed by atoms with Crippen LogP contribution in [0.4, 0.5) is 11.9 Å². The van der Waals surface area contributed by atoms with Crippen molar-refractivity contribution in [3.05, 3.63) is 18.5 Å². The van der Waals surface area contributed by atoms with E-state index in [1.54, 1.807) is 18.5 Å². The van der Waals surface area contributed by atoms with E-state index in [0.717, 1.165) is 0 Å². The molecule has 2 aromatic rings. The van der Waals surface area contributed by atoms with E-state index in [4.69, 9.17) is 10.5 Å². The molecule has 2 unspecified atom stereocenters. The van der Waals surface area contributed by atoms with Crippen molar-refractivity contribution in [3.63, 3.8) is 0 Å². The molecule has 3 heterocycles. The summed E-state index contributed by atoms with van der Waals surface area (Å²) in [6.45, 7) is 2.65. The largest absolute Gasteiger partial charge is 0.385 e. The van der Waals surface area contributed by atoms with Crippen LogP contribution in [-0.4, -0.2) is 54.7 Å². The Morgan fingerprint density at radius 3 is 3.05 bits per heavy atom. The third-order valence-electron chi connectivity index (χ3n) is 3.56. The van der Waals surface area contributed by atoms with Crippen LogP contribution in [0.5, 0.6) is 0 Å². The van der Waals surface area contributed by atoms with E-state index in [0.29, 0.717) is 24.9 Å². The van der Waals surface area contributed by atoms with Crippen LogP contribution in [0.1, 0.15) is 13.3 Å². The first kappa shape index (κ1) is 13.7. The monoisotopic (exact) mass is 291 g/mol. The van der Waals surface area contributed by atoms with Gasteiger partial charge < -0.3 is 20.9 Å². The van der Waals surface area contributed by atoms with Gasteiger partial charge >= 0.3 is 0 Å². The van der Waals surface area contributed by atoms with Crippen LogP contribution < -0.4 is 11.1 Å². The Labute approximate surface area is 121 Å². The highest BCUT2D eigenvalue weighted by Crippen LogP contribution is 2.25. The predicted octanol–water partition coefficient (Wildman–Crippen LogP) is -0.409. The SMILES string of the molecule is CC1OCCC1(O)CNc1nc(N)nc(-n2cccn2)n1. The number of hydrogen-bond donors (Lipinski definition) is 3. The third-order valence-corrected chi connectivity index (χ3v) is 3.56. The van der Waals surface area contributed by atoms with Crippen LogP contribution in [0.15, 0.2) is 18.5 Å². The molecule has 21 heavy (non-hydrogen) atoms. The van der Waals surface area contributed by atoms with Crippen molar-refractivity contribution < 1.29 is 9.84 Å². The van der Waals surface area contributed by atoms with Crippen molar-refractivity contribution in [2.45, 2.75) is 25.0 Å². The topological polar surface area (TPSA) is 124 Å². The van der Waals surface area contributed by atoms with Crippen LogP contribution in [0, 0.1) is 0 Å². The zero-order chi connectivity index (χ0) is 14.9. The molecule has 112 valence electrons. The molecule has 2 aromatic heterocycles. The molecule has 0 saturated carbocycles. The predicted molar refractivity (Wildman–Crippen MR) is 74.8 cm³/mol. The number of aliphatic hydroxyl groups is 1. The molecule has 3 rings (SSSR count). The van der Waals surface area contributed by atoms with E-state index >= 15 is 0 Å². The maximum atomic E-state index is 10.4. The number of nitrogen functional groups attached to an aromatic ring is 1. The van der Waals surface area contributed by atoms with Gasteiger partial charge in [-0.05, 0) is 13.0 Å². The van der Waals surface area contributed by atoms with Gasteiger partial charge in [0.25, 0.3) is 5.95 Å². The molecule has 9 nitrogen and oxygen atoms in total. The van der Waals surface area contributed by atoms with Crippen LogP contribution in [-0.2, 0) is 4.74 Å². The highest BCUT2D eigenvalue weighted by atomic mass is 16.5. The van der Waals surface area contributed by atoms with E-state index in [9.17, 15) is 5.11 Å². The average molecular weight is 291 g/mol. The molecule has 1 saturated heterocycles. The number of hydrogen-bond acceptors (Lipinski definition) is 8. The first-order valence-electron chi connectivity index (χ1n) is 6.66. The van der Waals surface area contributed by atoms with E-state index in [2.05, 4.69) is 25.4 Å². The molecule has 0 bridgehead atoms. The van der Waals surface area contributed by atoms with Gasteiger partial charge in [0.2, 0.25) is 11.9 Å². The lowest BCUT2D eigenvalue weighted by Gasteiger charge is -2.26. The molecule has 2 atom stereocenters. The second-order valence-electron chi connectivity index (χ2n) is 4.99. The van der Waals surface area contributed by atoms with Gasteiger partial charge in [0.05, 0.1) is 6.10 Å². The standard InChI is InChI=1S/C12H17N7O2/c1-8-12(20,3-6-21-8)7-14-10-16-9(13)17-11(18-10)19-5-2-4-15-19/h2,4-5,8,20H,3,6-7H2,1H3,(H3,13,14,16,17,18). The highest BCUT2D eigenvalue weighted by molar-refractivity contribution is 5.35. The fourth-order valence-electron chi connectivity index (χ4n) is 2.18. The first-order chi connectivity index (χ1) is 10.1. The van der Waals surface area contributed by atoms with Crippen molar-refractivity contribution in [2.24, 2.45) is 0 Å². The minimum atomic E-state index is -0.937. The Morgan fingerprint density at radius 2 is 2.38 bits per heavy atom. The molecule has 0 spiro atoms. The summed E-state index contributed by atoms with van der Waals surface area (Å²) >= 11 is 0. The minimum Gasteiger partial charge on any atom is -0.385 e. The minimum absolute atomic E-state index is 0.0840. The molecule has 0 amide bonds. The molecule has 9 heteroatoms. The van der Waals surface area contributed by atoms with E-state index in [-0.39, 0.29) is 18.6 Å². The van der Waals surface area contributed by atoms with Crippen molar-refractivity contribution in [1.29, 1.82) is 0 Å². The van der Waals surface area contributed by atoms with Gasteiger partial charge in [0, 0.05) is 32.0 Å².